The summed E-state index contributed by atoms with van der Waals surface area (Å²) in [5, 5.41) is 0. The quantitative estimate of drug-likeness (QED) is 0.207. The van der Waals surface area contributed by atoms with Crippen molar-refractivity contribution in [3.05, 3.63) is 158 Å². The van der Waals surface area contributed by atoms with Crippen LogP contribution in [0, 0.1) is 0 Å². The predicted octanol–water partition coefficient (Wildman–Crippen LogP) is 9.44. The van der Waals surface area contributed by atoms with E-state index in [1.807, 2.05) is 146 Å². The fourth-order valence-electron chi connectivity index (χ4n) is 5.51. The molecule has 41 heavy (non-hydrogen) atoms. The van der Waals surface area contributed by atoms with Crippen molar-refractivity contribution in [2.24, 2.45) is 0 Å². The predicted molar refractivity (Wildman–Crippen MR) is 167 cm³/mol. The maximum Gasteiger partial charge on any atom is 0.207 e. The smallest absolute Gasteiger partial charge is 0.207 e. The molecule has 1 aliphatic rings. The van der Waals surface area contributed by atoms with Gasteiger partial charge in [-0.3, -0.25) is 0 Å². The Balaban J connectivity index is 1.35. The Morgan fingerprint density at radius 3 is 0.927 bits per heavy atom. The van der Waals surface area contributed by atoms with Crippen LogP contribution < -0.4 is 9.80 Å². The number of hydrogen-bond acceptors (Lipinski definition) is 4. The molecule has 0 N–H and O–H groups in total. The van der Waals surface area contributed by atoms with E-state index in [0.717, 1.165) is 45.3 Å². The van der Waals surface area contributed by atoms with Gasteiger partial charge in [-0.15, -0.1) is 0 Å². The van der Waals surface area contributed by atoms with Crippen molar-refractivity contribution in [2.45, 2.75) is 9.79 Å². The molecule has 0 fully saturated rings. The molecule has 0 saturated heterocycles. The summed E-state index contributed by atoms with van der Waals surface area (Å²) in [4.78, 5) is 4.81. The maximum atomic E-state index is 14.1. The molecule has 5 heteroatoms. The molecule has 1 aliphatic heterocycles. The topological polar surface area (TPSA) is 40.6 Å². The first-order valence-corrected chi connectivity index (χ1v) is 14.9. The molecule has 1 heterocycles. The van der Waals surface area contributed by atoms with Gasteiger partial charge in [0, 0.05) is 45.3 Å². The van der Waals surface area contributed by atoms with Crippen molar-refractivity contribution in [1.29, 1.82) is 0 Å². The monoisotopic (exact) mass is 550 g/mol. The summed E-state index contributed by atoms with van der Waals surface area (Å²) in [6.07, 6.45) is 0. The number of sulfone groups is 1. The number of para-hydroxylation sites is 4. The van der Waals surface area contributed by atoms with Crippen molar-refractivity contribution in [3.8, 4) is 11.1 Å². The third kappa shape index (κ3) is 4.37. The molecule has 0 spiro atoms. The van der Waals surface area contributed by atoms with Crippen molar-refractivity contribution >= 4 is 44.0 Å². The Bertz CT molecular complexity index is 1730. The van der Waals surface area contributed by atoms with Gasteiger partial charge >= 0.3 is 0 Å². The van der Waals surface area contributed by atoms with Crippen LogP contribution in [0.2, 0.25) is 0 Å². The van der Waals surface area contributed by atoms with Gasteiger partial charge in [0.1, 0.15) is 0 Å². The summed E-state index contributed by atoms with van der Waals surface area (Å²) in [6, 6.07) is 51.4. The first-order valence-electron chi connectivity index (χ1n) is 13.5. The Morgan fingerprint density at radius 2 is 0.634 bits per heavy atom. The average Bonchev–Trinajstić information content (AvgIpc) is 3.25. The molecule has 7 rings (SSSR count). The van der Waals surface area contributed by atoms with E-state index < -0.39 is 9.84 Å². The second kappa shape index (κ2) is 10.1. The summed E-state index contributed by atoms with van der Waals surface area (Å²) in [6.45, 7) is 0. The molecule has 0 atom stereocenters. The molecule has 0 saturated carbocycles. The fraction of sp³-hybridized carbons (Fsp3) is 0. The third-order valence-electron chi connectivity index (χ3n) is 7.37. The van der Waals surface area contributed by atoms with Crippen LogP contribution in [0.3, 0.4) is 0 Å². The molecule has 0 unspecified atom stereocenters. The van der Waals surface area contributed by atoms with Crippen LogP contribution in [0.25, 0.3) is 11.1 Å². The molecular formula is C36H26N2O2S. The summed E-state index contributed by atoms with van der Waals surface area (Å²) in [5.74, 6) is 0. The van der Waals surface area contributed by atoms with Gasteiger partial charge in [0.15, 0.2) is 0 Å². The van der Waals surface area contributed by atoms with E-state index in [4.69, 9.17) is 0 Å². The molecule has 198 valence electrons. The van der Waals surface area contributed by atoms with Crippen LogP contribution in [0.5, 0.6) is 0 Å². The highest BCUT2D eigenvalue weighted by Crippen LogP contribution is 2.48. The number of fused-ring (bicyclic) bond motifs is 3. The molecule has 0 amide bonds. The fourth-order valence-corrected chi connectivity index (χ4v) is 7.23. The van der Waals surface area contributed by atoms with Crippen molar-refractivity contribution in [2.75, 3.05) is 9.80 Å². The molecule has 6 aromatic carbocycles. The number of anilines is 6. The minimum atomic E-state index is -3.76. The molecule has 0 radical (unpaired) electrons. The Labute approximate surface area is 240 Å². The van der Waals surface area contributed by atoms with Gasteiger partial charge in [0.05, 0.1) is 9.79 Å². The number of nitrogens with zero attached hydrogens (tertiary/aromatic N) is 2. The van der Waals surface area contributed by atoms with E-state index in [1.54, 1.807) is 12.1 Å². The van der Waals surface area contributed by atoms with Gasteiger partial charge < -0.3 is 9.80 Å². The molecular weight excluding hydrogens is 524 g/mol. The molecule has 6 aromatic rings. The highest BCUT2D eigenvalue weighted by atomic mass is 32.2. The normalized spacial score (nSPS) is 12.8. The van der Waals surface area contributed by atoms with Crippen LogP contribution in [0.1, 0.15) is 0 Å². The maximum absolute atomic E-state index is 14.1. The van der Waals surface area contributed by atoms with Gasteiger partial charge in [-0.1, -0.05) is 84.9 Å². The summed E-state index contributed by atoms with van der Waals surface area (Å²) >= 11 is 0. The lowest BCUT2D eigenvalue weighted by atomic mass is 10.0. The van der Waals surface area contributed by atoms with E-state index in [9.17, 15) is 8.42 Å². The standard InChI is InChI=1S/C36H26N2O2S/c39-41(40)35-25-31(37(27-13-5-1-6-14-27)28-15-7-2-8-16-28)21-23-33(35)34-24-22-32(26-36(34)41)38(29-17-9-3-10-18-29)30-19-11-4-12-20-30/h1-26H. The summed E-state index contributed by atoms with van der Waals surface area (Å²) in [5.41, 5.74) is 6.83. The van der Waals surface area contributed by atoms with Crippen LogP contribution in [-0.4, -0.2) is 8.42 Å². The van der Waals surface area contributed by atoms with E-state index in [0.29, 0.717) is 9.79 Å². The Kier molecular flexibility index (Phi) is 6.14. The van der Waals surface area contributed by atoms with Crippen molar-refractivity contribution < 1.29 is 8.42 Å². The van der Waals surface area contributed by atoms with Gasteiger partial charge in [0.25, 0.3) is 0 Å². The minimum Gasteiger partial charge on any atom is -0.310 e. The molecule has 0 aliphatic carbocycles. The third-order valence-corrected chi connectivity index (χ3v) is 9.21. The second-order valence-electron chi connectivity index (χ2n) is 9.88. The molecule has 4 nitrogen and oxygen atoms in total. The Hall–Kier alpha value is -5.13. The lowest BCUT2D eigenvalue weighted by molar-refractivity contribution is 0.598. The van der Waals surface area contributed by atoms with Gasteiger partial charge in [-0.2, -0.15) is 0 Å². The van der Waals surface area contributed by atoms with Crippen molar-refractivity contribution in [3.63, 3.8) is 0 Å². The van der Waals surface area contributed by atoms with E-state index >= 15 is 0 Å². The lowest BCUT2D eigenvalue weighted by Gasteiger charge is -2.25. The van der Waals surface area contributed by atoms with Gasteiger partial charge in [-0.25, -0.2) is 8.42 Å². The highest BCUT2D eigenvalue weighted by molar-refractivity contribution is 7.92. The second-order valence-corrected chi connectivity index (χ2v) is 11.8. The van der Waals surface area contributed by atoms with E-state index in [-0.39, 0.29) is 0 Å². The Morgan fingerprint density at radius 1 is 0.341 bits per heavy atom. The van der Waals surface area contributed by atoms with Crippen LogP contribution in [0.15, 0.2) is 168 Å². The number of hydrogen-bond donors (Lipinski definition) is 0. The number of rotatable bonds is 6. The van der Waals surface area contributed by atoms with E-state index in [1.165, 1.54) is 0 Å². The van der Waals surface area contributed by atoms with Crippen molar-refractivity contribution in [1.82, 2.24) is 0 Å². The van der Waals surface area contributed by atoms with Gasteiger partial charge in [0.2, 0.25) is 9.84 Å². The lowest BCUT2D eigenvalue weighted by Crippen LogP contribution is -2.11. The first kappa shape index (κ1) is 24.9. The summed E-state index contributed by atoms with van der Waals surface area (Å²) < 4.78 is 28.3. The summed E-state index contributed by atoms with van der Waals surface area (Å²) in [7, 11) is -3.76. The van der Waals surface area contributed by atoms with E-state index in [2.05, 4.69) is 9.80 Å². The largest absolute Gasteiger partial charge is 0.310 e. The highest BCUT2D eigenvalue weighted by Gasteiger charge is 2.34. The molecule has 0 aromatic heterocycles. The zero-order valence-electron chi connectivity index (χ0n) is 22.1. The zero-order valence-corrected chi connectivity index (χ0v) is 22.9. The number of benzene rings is 6. The minimum absolute atomic E-state index is 0.324. The molecule has 0 bridgehead atoms. The van der Waals surface area contributed by atoms with Crippen LogP contribution in [0.4, 0.5) is 34.1 Å². The average molecular weight is 551 g/mol. The van der Waals surface area contributed by atoms with Gasteiger partial charge in [-0.05, 0) is 72.8 Å². The van der Waals surface area contributed by atoms with Crippen LogP contribution in [-0.2, 0) is 9.84 Å². The SMILES string of the molecule is O=S1(=O)c2cc(N(c3ccccc3)c3ccccc3)ccc2-c2ccc(N(c3ccccc3)c3ccccc3)cc21. The zero-order chi connectivity index (χ0) is 27.8. The van der Waals surface area contributed by atoms with Crippen LogP contribution >= 0.6 is 0 Å². The first-order chi connectivity index (χ1) is 20.1.